The van der Waals surface area contributed by atoms with Gasteiger partial charge in [-0.3, -0.25) is 4.79 Å². The Morgan fingerprint density at radius 3 is 3.06 bits per heavy atom. The summed E-state index contributed by atoms with van der Waals surface area (Å²) in [4.78, 5) is 15.4. The summed E-state index contributed by atoms with van der Waals surface area (Å²) in [7, 11) is 0. The van der Waals surface area contributed by atoms with E-state index in [1.54, 1.807) is 0 Å². The van der Waals surface area contributed by atoms with Crippen LogP contribution in [0.3, 0.4) is 0 Å². The zero-order valence-electron chi connectivity index (χ0n) is 11.0. The van der Waals surface area contributed by atoms with E-state index in [1.165, 1.54) is 10.6 Å². The molecule has 1 atom stereocenters. The van der Waals surface area contributed by atoms with Crippen molar-refractivity contribution in [3.8, 4) is 0 Å². The maximum Gasteiger partial charge on any atom is 0.239 e. The maximum absolute atomic E-state index is 11.9. The number of carbonyl (C=O) groups is 1. The van der Waals surface area contributed by atoms with Crippen LogP contribution in [0.5, 0.6) is 0 Å². The lowest BCUT2D eigenvalue weighted by molar-refractivity contribution is -0.120. The summed E-state index contributed by atoms with van der Waals surface area (Å²) in [6, 6.07) is 8.56. The van der Waals surface area contributed by atoms with Crippen molar-refractivity contribution in [1.82, 2.24) is 5.32 Å². The topological polar surface area (TPSA) is 32.3 Å². The van der Waals surface area contributed by atoms with Crippen molar-refractivity contribution in [2.75, 3.05) is 23.7 Å². The number of nitrogens with zero attached hydrogens (tertiary/aromatic N) is 1. The molecule has 18 heavy (non-hydrogen) atoms. The molecule has 1 aliphatic heterocycles. The van der Waals surface area contributed by atoms with E-state index in [-0.39, 0.29) is 11.9 Å². The lowest BCUT2D eigenvalue weighted by atomic mass is 10.2. The Kier molecular flexibility index (Phi) is 4.53. The van der Waals surface area contributed by atoms with E-state index in [0.29, 0.717) is 6.54 Å². The Morgan fingerprint density at radius 2 is 2.28 bits per heavy atom. The number of carbonyl (C=O) groups excluding carboxylic acids is 1. The maximum atomic E-state index is 11.9. The second-order valence-electron chi connectivity index (χ2n) is 4.61. The van der Waals surface area contributed by atoms with Gasteiger partial charge in [-0.1, -0.05) is 19.1 Å². The van der Waals surface area contributed by atoms with Crippen molar-refractivity contribution in [2.45, 2.75) is 31.2 Å². The fourth-order valence-electron chi connectivity index (χ4n) is 1.99. The molecule has 0 aromatic heterocycles. The van der Waals surface area contributed by atoms with Gasteiger partial charge < -0.3 is 10.2 Å². The highest BCUT2D eigenvalue weighted by Gasteiger charge is 2.19. The van der Waals surface area contributed by atoms with Gasteiger partial charge in [-0.05, 0) is 25.5 Å². The number of para-hydroxylation sites is 1. The van der Waals surface area contributed by atoms with Crippen LogP contribution in [0.4, 0.5) is 5.69 Å². The van der Waals surface area contributed by atoms with Crippen LogP contribution in [-0.2, 0) is 4.79 Å². The van der Waals surface area contributed by atoms with Gasteiger partial charge in [0.05, 0.1) is 12.2 Å². The van der Waals surface area contributed by atoms with Gasteiger partial charge in [-0.25, -0.2) is 0 Å². The Morgan fingerprint density at radius 1 is 1.50 bits per heavy atom. The first-order chi connectivity index (χ1) is 8.70. The molecule has 1 aromatic rings. The van der Waals surface area contributed by atoms with Crippen LogP contribution in [0, 0.1) is 0 Å². The van der Waals surface area contributed by atoms with Gasteiger partial charge in [0.2, 0.25) is 5.91 Å². The van der Waals surface area contributed by atoms with E-state index in [1.807, 2.05) is 24.8 Å². The van der Waals surface area contributed by atoms with Crippen molar-refractivity contribution in [1.29, 1.82) is 0 Å². The minimum absolute atomic E-state index is 0.117. The molecule has 0 fully saturated rings. The Labute approximate surface area is 113 Å². The van der Waals surface area contributed by atoms with E-state index >= 15 is 0 Å². The number of hydrogen-bond donors (Lipinski definition) is 1. The quantitative estimate of drug-likeness (QED) is 0.907. The SMILES string of the molecule is CC[C@@H](C)NC(=O)CN1CCSc2ccccc21. The van der Waals surface area contributed by atoms with Gasteiger partial charge in [0.25, 0.3) is 0 Å². The molecule has 0 aliphatic carbocycles. The highest BCUT2D eigenvalue weighted by atomic mass is 32.2. The number of hydrogen-bond acceptors (Lipinski definition) is 3. The number of amides is 1. The Hall–Kier alpha value is -1.16. The highest BCUT2D eigenvalue weighted by Crippen LogP contribution is 2.33. The molecule has 4 heteroatoms. The van der Waals surface area contributed by atoms with Gasteiger partial charge in [-0.2, -0.15) is 0 Å². The van der Waals surface area contributed by atoms with Crippen molar-refractivity contribution >= 4 is 23.4 Å². The van der Waals surface area contributed by atoms with Crippen LogP contribution in [0.15, 0.2) is 29.2 Å². The predicted molar refractivity (Wildman–Crippen MR) is 77.3 cm³/mol. The fraction of sp³-hybridized carbons (Fsp3) is 0.500. The molecule has 0 saturated carbocycles. The van der Waals surface area contributed by atoms with Crippen molar-refractivity contribution in [3.05, 3.63) is 24.3 Å². The summed E-state index contributed by atoms with van der Waals surface area (Å²) in [6.07, 6.45) is 0.970. The molecule has 0 bridgehead atoms. The third kappa shape index (κ3) is 3.19. The number of thioether (sulfide) groups is 1. The second kappa shape index (κ2) is 6.14. The van der Waals surface area contributed by atoms with Gasteiger partial charge in [0.15, 0.2) is 0 Å². The standard InChI is InChI=1S/C14H20N2OS/c1-3-11(2)15-14(17)10-16-8-9-18-13-7-5-4-6-12(13)16/h4-7,11H,3,8-10H2,1-2H3,(H,15,17)/t11-/m1/s1. The number of nitrogens with one attached hydrogen (secondary N) is 1. The first-order valence-corrected chi connectivity index (χ1v) is 7.45. The highest BCUT2D eigenvalue weighted by molar-refractivity contribution is 7.99. The molecular formula is C14H20N2OS. The van der Waals surface area contributed by atoms with Gasteiger partial charge in [0.1, 0.15) is 0 Å². The molecule has 2 rings (SSSR count). The number of benzene rings is 1. The monoisotopic (exact) mass is 264 g/mol. The molecule has 1 aliphatic rings. The molecule has 3 nitrogen and oxygen atoms in total. The summed E-state index contributed by atoms with van der Waals surface area (Å²) in [5.41, 5.74) is 1.19. The summed E-state index contributed by atoms with van der Waals surface area (Å²) >= 11 is 1.86. The van der Waals surface area contributed by atoms with Crippen LogP contribution in [0.25, 0.3) is 0 Å². The van der Waals surface area contributed by atoms with E-state index in [2.05, 4.69) is 35.3 Å². The molecule has 0 saturated heterocycles. The molecular weight excluding hydrogens is 244 g/mol. The molecule has 1 amide bonds. The number of fused-ring (bicyclic) bond motifs is 1. The van der Waals surface area contributed by atoms with Crippen LogP contribution in [0.1, 0.15) is 20.3 Å². The van der Waals surface area contributed by atoms with Crippen LogP contribution in [-0.4, -0.2) is 30.8 Å². The summed E-state index contributed by atoms with van der Waals surface area (Å²) < 4.78 is 0. The zero-order valence-corrected chi connectivity index (χ0v) is 11.8. The molecule has 0 radical (unpaired) electrons. The largest absolute Gasteiger partial charge is 0.360 e. The van der Waals surface area contributed by atoms with Crippen LogP contribution in [0.2, 0.25) is 0 Å². The molecule has 1 aromatic carbocycles. The lowest BCUT2D eigenvalue weighted by Crippen LogP contribution is -2.42. The minimum Gasteiger partial charge on any atom is -0.360 e. The average molecular weight is 264 g/mol. The number of anilines is 1. The lowest BCUT2D eigenvalue weighted by Gasteiger charge is -2.30. The predicted octanol–water partition coefficient (Wildman–Crippen LogP) is 2.51. The summed E-state index contributed by atoms with van der Waals surface area (Å²) in [5, 5.41) is 3.02. The van der Waals surface area contributed by atoms with Crippen LogP contribution < -0.4 is 10.2 Å². The molecule has 0 spiro atoms. The minimum atomic E-state index is 0.117. The normalized spacial score (nSPS) is 16.0. The van der Waals surface area contributed by atoms with Crippen molar-refractivity contribution in [2.24, 2.45) is 0 Å². The van der Waals surface area contributed by atoms with Crippen molar-refractivity contribution < 1.29 is 4.79 Å². The van der Waals surface area contributed by atoms with E-state index in [9.17, 15) is 4.79 Å². The molecule has 1 N–H and O–H groups in total. The average Bonchev–Trinajstić information content (AvgIpc) is 2.39. The van der Waals surface area contributed by atoms with E-state index < -0.39 is 0 Å². The van der Waals surface area contributed by atoms with Crippen molar-refractivity contribution in [3.63, 3.8) is 0 Å². The Balaban J connectivity index is 2.01. The fourth-order valence-corrected chi connectivity index (χ4v) is 3.04. The third-order valence-corrected chi connectivity index (χ3v) is 4.22. The first kappa shape index (κ1) is 13.3. The summed E-state index contributed by atoms with van der Waals surface area (Å²) in [6.45, 7) is 5.52. The Bertz CT molecular complexity index is 422. The molecule has 1 heterocycles. The first-order valence-electron chi connectivity index (χ1n) is 6.47. The third-order valence-electron chi connectivity index (χ3n) is 3.18. The van der Waals surface area contributed by atoms with E-state index in [4.69, 9.17) is 0 Å². The number of rotatable bonds is 4. The molecule has 98 valence electrons. The van der Waals surface area contributed by atoms with Crippen LogP contribution >= 0.6 is 11.8 Å². The second-order valence-corrected chi connectivity index (χ2v) is 5.75. The smallest absolute Gasteiger partial charge is 0.239 e. The zero-order chi connectivity index (χ0) is 13.0. The van der Waals surface area contributed by atoms with Gasteiger partial charge >= 0.3 is 0 Å². The van der Waals surface area contributed by atoms with Gasteiger partial charge in [0, 0.05) is 23.2 Å². The van der Waals surface area contributed by atoms with E-state index in [0.717, 1.165) is 18.7 Å². The summed E-state index contributed by atoms with van der Waals surface area (Å²) in [5.74, 6) is 1.17. The molecule has 0 unspecified atom stereocenters. The van der Waals surface area contributed by atoms with Gasteiger partial charge in [-0.15, -0.1) is 11.8 Å².